The fourth-order valence-corrected chi connectivity index (χ4v) is 1.23. The van der Waals surface area contributed by atoms with E-state index in [1.807, 2.05) is 6.92 Å². The maximum atomic E-state index is 11.6. The molecule has 1 aromatic heterocycles. The maximum Gasteiger partial charge on any atom is 0.274 e. The average molecular weight is 228 g/mol. The van der Waals surface area contributed by atoms with E-state index in [2.05, 4.69) is 15.5 Å². The topological polar surface area (TPSA) is 124 Å². The van der Waals surface area contributed by atoms with Gasteiger partial charge in [-0.25, -0.2) is 0 Å². The van der Waals surface area contributed by atoms with Crippen LogP contribution in [-0.2, 0) is 6.42 Å². The summed E-state index contributed by atoms with van der Waals surface area (Å²) in [7, 11) is 0. The zero-order valence-corrected chi connectivity index (χ0v) is 9.03. The van der Waals surface area contributed by atoms with Gasteiger partial charge in [0.05, 0.1) is 30.6 Å². The Kier molecular flexibility index (Phi) is 4.27. The molecule has 0 aliphatic heterocycles. The number of hydrogen-bond donors (Lipinski definition) is 5. The zero-order valence-electron chi connectivity index (χ0n) is 9.03. The number of nitrogens with two attached hydrogens (primary N) is 1. The van der Waals surface area contributed by atoms with Gasteiger partial charge in [-0.05, 0) is 6.42 Å². The maximum absolute atomic E-state index is 11.6. The van der Waals surface area contributed by atoms with Crippen molar-refractivity contribution in [2.75, 3.05) is 18.9 Å². The van der Waals surface area contributed by atoms with E-state index in [9.17, 15) is 4.79 Å². The Bertz CT molecular complexity index is 360. The number of nitrogens with one attached hydrogen (secondary N) is 2. The molecule has 0 spiro atoms. The fraction of sp³-hybridized carbons (Fsp3) is 0.556. The lowest BCUT2D eigenvalue weighted by Gasteiger charge is -2.12. The van der Waals surface area contributed by atoms with Gasteiger partial charge in [-0.3, -0.25) is 9.89 Å². The lowest BCUT2D eigenvalue weighted by Crippen LogP contribution is -2.40. The van der Waals surface area contributed by atoms with E-state index in [-0.39, 0.29) is 18.9 Å². The molecule has 1 rings (SSSR count). The summed E-state index contributed by atoms with van der Waals surface area (Å²) in [6.07, 6.45) is 0.648. The van der Waals surface area contributed by atoms with E-state index in [1.165, 1.54) is 0 Å². The molecule has 0 fully saturated rings. The van der Waals surface area contributed by atoms with Crippen molar-refractivity contribution in [2.45, 2.75) is 19.4 Å². The summed E-state index contributed by atoms with van der Waals surface area (Å²) in [5.74, 6) is -0.512. The largest absolute Gasteiger partial charge is 0.395 e. The first-order chi connectivity index (χ1) is 7.63. The predicted molar refractivity (Wildman–Crippen MR) is 57.8 cm³/mol. The number of aromatic nitrogens is 2. The second-order valence-corrected chi connectivity index (χ2v) is 3.35. The van der Waals surface area contributed by atoms with Crippen molar-refractivity contribution >= 4 is 11.6 Å². The highest BCUT2D eigenvalue weighted by molar-refractivity contribution is 5.97. The minimum Gasteiger partial charge on any atom is -0.395 e. The minimum absolute atomic E-state index is 0.0868. The SMILES string of the molecule is CCc1[nH]nc(C(=O)NC(CO)CO)c1N. The van der Waals surface area contributed by atoms with Gasteiger partial charge >= 0.3 is 0 Å². The molecule has 7 nitrogen and oxygen atoms in total. The Hall–Kier alpha value is -1.60. The molecule has 16 heavy (non-hydrogen) atoms. The quantitative estimate of drug-likeness (QED) is 0.425. The summed E-state index contributed by atoms with van der Waals surface area (Å²) >= 11 is 0. The molecule has 0 saturated carbocycles. The van der Waals surface area contributed by atoms with Crippen LogP contribution in [0.4, 0.5) is 5.69 Å². The smallest absolute Gasteiger partial charge is 0.274 e. The number of nitrogens with zero attached hydrogens (tertiary/aromatic N) is 1. The number of carbonyl (C=O) groups is 1. The summed E-state index contributed by atoms with van der Waals surface area (Å²) in [6.45, 7) is 1.20. The van der Waals surface area contributed by atoms with Crippen molar-refractivity contribution in [3.63, 3.8) is 0 Å². The molecular formula is C9H16N4O3. The molecule has 0 atom stereocenters. The van der Waals surface area contributed by atoms with Crippen LogP contribution < -0.4 is 11.1 Å². The number of anilines is 1. The number of amides is 1. The third-order valence-electron chi connectivity index (χ3n) is 2.23. The van der Waals surface area contributed by atoms with Gasteiger partial charge in [-0.1, -0.05) is 6.92 Å². The highest BCUT2D eigenvalue weighted by Crippen LogP contribution is 2.14. The Balaban J connectivity index is 2.76. The van der Waals surface area contributed by atoms with Crippen molar-refractivity contribution < 1.29 is 15.0 Å². The number of aliphatic hydroxyl groups is 2. The molecule has 90 valence electrons. The van der Waals surface area contributed by atoms with E-state index in [1.54, 1.807) is 0 Å². The molecule has 0 bridgehead atoms. The molecule has 0 saturated heterocycles. The van der Waals surface area contributed by atoms with Gasteiger partial charge in [0.1, 0.15) is 0 Å². The molecular weight excluding hydrogens is 212 g/mol. The predicted octanol–water partition coefficient (Wildman–Crippen LogP) is -1.36. The highest BCUT2D eigenvalue weighted by Gasteiger charge is 2.18. The van der Waals surface area contributed by atoms with Crippen LogP contribution in [0.25, 0.3) is 0 Å². The number of rotatable bonds is 5. The van der Waals surface area contributed by atoms with Crippen LogP contribution in [0.2, 0.25) is 0 Å². The Morgan fingerprint density at radius 1 is 1.56 bits per heavy atom. The van der Waals surface area contributed by atoms with Gasteiger partial charge in [-0.15, -0.1) is 0 Å². The summed E-state index contributed by atoms with van der Waals surface area (Å²) in [4.78, 5) is 11.6. The van der Waals surface area contributed by atoms with Gasteiger partial charge in [0.15, 0.2) is 5.69 Å². The van der Waals surface area contributed by atoms with Gasteiger partial charge in [0.25, 0.3) is 5.91 Å². The van der Waals surface area contributed by atoms with Crippen LogP contribution in [0.3, 0.4) is 0 Å². The van der Waals surface area contributed by atoms with Gasteiger partial charge in [0, 0.05) is 0 Å². The van der Waals surface area contributed by atoms with Gasteiger partial charge in [0.2, 0.25) is 0 Å². The lowest BCUT2D eigenvalue weighted by molar-refractivity contribution is 0.0875. The Morgan fingerprint density at radius 3 is 2.62 bits per heavy atom. The molecule has 0 aliphatic rings. The van der Waals surface area contributed by atoms with Crippen molar-refractivity contribution in [3.05, 3.63) is 11.4 Å². The first kappa shape index (κ1) is 12.5. The molecule has 0 unspecified atom stereocenters. The molecule has 1 amide bonds. The van der Waals surface area contributed by atoms with Crippen LogP contribution in [0.15, 0.2) is 0 Å². The fourth-order valence-electron chi connectivity index (χ4n) is 1.23. The highest BCUT2D eigenvalue weighted by atomic mass is 16.3. The van der Waals surface area contributed by atoms with E-state index in [0.29, 0.717) is 17.8 Å². The normalized spacial score (nSPS) is 10.8. The van der Waals surface area contributed by atoms with Crippen LogP contribution >= 0.6 is 0 Å². The molecule has 6 N–H and O–H groups in total. The molecule has 1 aromatic rings. The number of carbonyl (C=O) groups excluding carboxylic acids is 1. The van der Waals surface area contributed by atoms with Crippen LogP contribution in [0, 0.1) is 0 Å². The molecule has 0 radical (unpaired) electrons. The number of hydrogen-bond acceptors (Lipinski definition) is 5. The van der Waals surface area contributed by atoms with Crippen molar-refractivity contribution in [3.8, 4) is 0 Å². The molecule has 0 aromatic carbocycles. The van der Waals surface area contributed by atoms with E-state index < -0.39 is 11.9 Å². The molecule has 1 heterocycles. The van der Waals surface area contributed by atoms with E-state index in [0.717, 1.165) is 0 Å². The third-order valence-corrected chi connectivity index (χ3v) is 2.23. The number of aliphatic hydroxyl groups excluding tert-OH is 2. The first-order valence-corrected chi connectivity index (χ1v) is 4.99. The second-order valence-electron chi connectivity index (χ2n) is 3.35. The number of nitrogen functional groups attached to an aromatic ring is 1. The van der Waals surface area contributed by atoms with Crippen LogP contribution in [0.5, 0.6) is 0 Å². The van der Waals surface area contributed by atoms with Crippen molar-refractivity contribution in [2.24, 2.45) is 0 Å². The standard InChI is InChI=1S/C9H16N4O3/c1-2-6-7(10)8(13-12-6)9(16)11-5(3-14)4-15/h5,14-15H,2-4,10H2,1H3,(H,11,16)(H,12,13). The van der Waals surface area contributed by atoms with Gasteiger partial charge in [-0.2, -0.15) is 5.10 Å². The van der Waals surface area contributed by atoms with Crippen LogP contribution in [-0.4, -0.2) is 45.6 Å². The summed E-state index contributed by atoms with van der Waals surface area (Å²) < 4.78 is 0. The summed E-state index contributed by atoms with van der Waals surface area (Å²) in [5, 5.41) is 26.5. The zero-order chi connectivity index (χ0) is 12.1. The average Bonchev–Trinajstić information content (AvgIpc) is 2.67. The lowest BCUT2D eigenvalue weighted by atomic mass is 10.2. The van der Waals surface area contributed by atoms with Crippen molar-refractivity contribution in [1.29, 1.82) is 0 Å². The monoisotopic (exact) mass is 228 g/mol. The summed E-state index contributed by atoms with van der Waals surface area (Å²) in [6, 6.07) is -0.700. The molecule has 0 aliphatic carbocycles. The van der Waals surface area contributed by atoms with E-state index in [4.69, 9.17) is 15.9 Å². The minimum atomic E-state index is -0.700. The third kappa shape index (κ3) is 2.50. The summed E-state index contributed by atoms with van der Waals surface area (Å²) in [5.41, 5.74) is 6.77. The first-order valence-electron chi connectivity index (χ1n) is 4.99. The van der Waals surface area contributed by atoms with E-state index >= 15 is 0 Å². The second kappa shape index (κ2) is 5.47. The number of H-pyrrole nitrogens is 1. The number of aryl methyl sites for hydroxylation is 1. The Morgan fingerprint density at radius 2 is 2.19 bits per heavy atom. The van der Waals surface area contributed by atoms with Crippen molar-refractivity contribution in [1.82, 2.24) is 15.5 Å². The molecule has 7 heteroatoms. The van der Waals surface area contributed by atoms with Gasteiger partial charge < -0.3 is 21.3 Å². The van der Waals surface area contributed by atoms with Crippen LogP contribution in [0.1, 0.15) is 23.1 Å². The Labute approximate surface area is 92.7 Å². The number of aromatic amines is 1.